The Morgan fingerprint density at radius 2 is 2.02 bits per heavy atom. The van der Waals surface area contributed by atoms with E-state index in [0.717, 1.165) is 29.8 Å². The number of nitrogens with zero attached hydrogens (tertiary/aromatic N) is 3. The maximum Gasteiger partial charge on any atom is 0.322 e. The molecule has 2 unspecified atom stereocenters. The van der Waals surface area contributed by atoms with Crippen molar-refractivity contribution in [3.8, 4) is 0 Å². The number of anilines is 3. The van der Waals surface area contributed by atoms with Gasteiger partial charge in [-0.05, 0) is 69.9 Å². The molecule has 2 N–H and O–H groups in total. The molecule has 1 aromatic carbocycles. The van der Waals surface area contributed by atoms with E-state index >= 15 is 0 Å². The molecule has 0 bridgehead atoms. The zero-order chi connectivity index (χ0) is 34.3. The van der Waals surface area contributed by atoms with Crippen molar-refractivity contribution in [1.29, 1.82) is 0 Å². The minimum atomic E-state index is -1.10. The molecule has 2 heterocycles. The summed E-state index contributed by atoms with van der Waals surface area (Å²) in [6, 6.07) is 5.69. The van der Waals surface area contributed by atoms with Gasteiger partial charge in [0.05, 0.1) is 6.61 Å². The third-order valence-corrected chi connectivity index (χ3v) is 8.28. The molecule has 1 aliphatic heterocycles. The van der Waals surface area contributed by atoms with E-state index in [-0.39, 0.29) is 24.1 Å². The molecule has 1 saturated heterocycles. The van der Waals surface area contributed by atoms with E-state index in [1.807, 2.05) is 74.3 Å². The van der Waals surface area contributed by atoms with Crippen LogP contribution >= 0.6 is 0 Å². The Labute approximate surface area is 277 Å². The molecule has 0 saturated carbocycles. The summed E-state index contributed by atoms with van der Waals surface area (Å²) < 4.78 is 11.7. The summed E-state index contributed by atoms with van der Waals surface area (Å²) in [6.45, 7) is 12.8. The Morgan fingerprint density at radius 3 is 2.68 bits per heavy atom. The largest absolute Gasteiger partial charge is 0.489 e. The number of allylic oxidation sites excluding steroid dienone is 4. The Hall–Kier alpha value is -4.51. The van der Waals surface area contributed by atoms with E-state index in [2.05, 4.69) is 29.3 Å². The van der Waals surface area contributed by atoms with Crippen LogP contribution in [-0.2, 0) is 27.3 Å². The van der Waals surface area contributed by atoms with Crippen molar-refractivity contribution in [3.05, 3.63) is 92.5 Å². The molecular formula is C36H49N5O6. The van der Waals surface area contributed by atoms with Gasteiger partial charge >= 0.3 is 5.91 Å². The van der Waals surface area contributed by atoms with Gasteiger partial charge < -0.3 is 29.6 Å². The average Bonchev–Trinajstić information content (AvgIpc) is 3.50. The number of aromatic nitrogens is 1. The molecule has 11 nitrogen and oxygen atoms in total. The summed E-state index contributed by atoms with van der Waals surface area (Å²) in [5.74, 6) is -0.0443. The van der Waals surface area contributed by atoms with Crippen LogP contribution in [0.2, 0.25) is 0 Å². The van der Waals surface area contributed by atoms with Crippen LogP contribution in [0.4, 0.5) is 17.1 Å². The van der Waals surface area contributed by atoms with Crippen LogP contribution in [0.15, 0.2) is 70.5 Å². The summed E-state index contributed by atoms with van der Waals surface area (Å²) in [5, 5.41) is 5.88. The van der Waals surface area contributed by atoms with Gasteiger partial charge in [-0.1, -0.05) is 38.5 Å². The van der Waals surface area contributed by atoms with Gasteiger partial charge in [-0.15, -0.1) is 4.91 Å². The van der Waals surface area contributed by atoms with Gasteiger partial charge in [0.15, 0.2) is 0 Å². The van der Waals surface area contributed by atoms with Crippen molar-refractivity contribution in [1.82, 2.24) is 4.98 Å². The van der Waals surface area contributed by atoms with Gasteiger partial charge in [0.1, 0.15) is 23.6 Å². The van der Waals surface area contributed by atoms with E-state index in [1.54, 1.807) is 11.9 Å². The molecule has 1 fully saturated rings. The molecule has 1 aromatic heterocycles. The number of nitrogens with one attached hydrogen (secondary N) is 2. The molecule has 0 radical (unpaired) electrons. The Bertz CT molecular complexity index is 1530. The molecule has 3 rings (SSSR count). The van der Waals surface area contributed by atoms with Crippen LogP contribution in [0.3, 0.4) is 0 Å². The van der Waals surface area contributed by atoms with Crippen molar-refractivity contribution < 1.29 is 19.1 Å². The number of carbonyl (C=O) groups is 2. The van der Waals surface area contributed by atoms with Gasteiger partial charge in [-0.3, -0.25) is 14.4 Å². The topological polar surface area (TPSA) is 133 Å². The summed E-state index contributed by atoms with van der Waals surface area (Å²) in [7, 11) is 1.79. The Balaban J connectivity index is 1.83. The molecule has 1 aliphatic rings. The summed E-state index contributed by atoms with van der Waals surface area (Å²) in [4.78, 5) is 55.5. The minimum absolute atomic E-state index is 0.125. The molecule has 47 heavy (non-hydrogen) atoms. The Morgan fingerprint density at radius 1 is 1.23 bits per heavy atom. The third-order valence-electron chi connectivity index (χ3n) is 8.28. The van der Waals surface area contributed by atoms with E-state index < -0.39 is 11.3 Å². The van der Waals surface area contributed by atoms with Crippen LogP contribution in [0.25, 0.3) is 0 Å². The summed E-state index contributed by atoms with van der Waals surface area (Å²) in [6.07, 6.45) is 13.6. The first-order valence-electron chi connectivity index (χ1n) is 16.4. The number of hydrogen-bond donors (Lipinski definition) is 2. The number of aromatic amines is 1. The molecule has 11 heteroatoms. The maximum atomic E-state index is 13.4. The Kier molecular flexibility index (Phi) is 14.6. The number of amides is 2. The number of carbonyl (C=O) groups excluding carboxylic acids is 2. The maximum absolute atomic E-state index is 13.4. The van der Waals surface area contributed by atoms with E-state index in [0.29, 0.717) is 62.2 Å². The first-order chi connectivity index (χ1) is 22.6. The van der Waals surface area contributed by atoms with Gasteiger partial charge in [0.2, 0.25) is 11.3 Å². The molecule has 254 valence electrons. The molecule has 2 aromatic rings. The molecule has 0 aliphatic carbocycles. The number of rotatable bonds is 18. The van der Waals surface area contributed by atoms with Crippen LogP contribution < -0.4 is 20.5 Å². The standard InChI is InChI=1S/C36H49N5O6/c1-7-12-29(47-24-27-22-28(41-19-11-15-33(41)42)16-17-31(27)37-18-20-46-9-3)14-10-13-26(5)40(6)34-32(21-25(4)8-2)38-23-30(35(34)43)36(44)39-45/h7,10,12-14,16-17,22-23,25-26,37H,8-9,11,15,18-21,24H2,1-6H3,(H,38,43)/b12-7-,13-10+,29-14+. The number of likely N-dealkylation sites (N-methyl/N-ethyl adjacent to an activating group) is 1. The number of benzene rings is 1. The fraction of sp³-hybridized carbons (Fsp3) is 0.472. The predicted molar refractivity (Wildman–Crippen MR) is 188 cm³/mol. The first-order valence-corrected chi connectivity index (χ1v) is 16.4. The van der Waals surface area contributed by atoms with Gasteiger partial charge in [0, 0.05) is 73.2 Å². The fourth-order valence-corrected chi connectivity index (χ4v) is 5.27. The van der Waals surface area contributed by atoms with Crippen molar-refractivity contribution >= 4 is 28.9 Å². The smallest absolute Gasteiger partial charge is 0.322 e. The van der Waals surface area contributed by atoms with Crippen LogP contribution in [0, 0.1) is 10.8 Å². The monoisotopic (exact) mass is 647 g/mol. The van der Waals surface area contributed by atoms with Crippen molar-refractivity contribution in [2.24, 2.45) is 11.1 Å². The molecule has 2 amide bonds. The van der Waals surface area contributed by atoms with Crippen molar-refractivity contribution in [3.63, 3.8) is 0 Å². The number of pyridine rings is 1. The lowest BCUT2D eigenvalue weighted by Gasteiger charge is -2.27. The number of ether oxygens (including phenoxy) is 2. The lowest BCUT2D eigenvalue weighted by Crippen LogP contribution is -2.34. The second-order valence-corrected chi connectivity index (χ2v) is 11.7. The lowest BCUT2D eigenvalue weighted by atomic mass is 10.00. The molecular weight excluding hydrogens is 598 g/mol. The first kappa shape index (κ1) is 37.0. The summed E-state index contributed by atoms with van der Waals surface area (Å²) >= 11 is 0. The normalized spacial score (nSPS) is 15.0. The second-order valence-electron chi connectivity index (χ2n) is 11.7. The van der Waals surface area contributed by atoms with Crippen molar-refractivity contribution in [2.45, 2.75) is 73.0 Å². The van der Waals surface area contributed by atoms with E-state index in [4.69, 9.17) is 9.47 Å². The highest BCUT2D eigenvalue weighted by Crippen LogP contribution is 2.28. The number of hydrogen-bond acceptors (Lipinski definition) is 8. The van der Waals surface area contributed by atoms with Crippen LogP contribution in [0.5, 0.6) is 0 Å². The highest BCUT2D eigenvalue weighted by molar-refractivity contribution is 5.96. The minimum Gasteiger partial charge on any atom is -0.489 e. The van der Waals surface area contributed by atoms with Gasteiger partial charge in [0.25, 0.3) is 0 Å². The van der Waals surface area contributed by atoms with E-state index in [1.165, 1.54) is 6.20 Å². The van der Waals surface area contributed by atoms with Gasteiger partial charge in [-0.25, -0.2) is 0 Å². The average molecular weight is 648 g/mol. The van der Waals surface area contributed by atoms with Gasteiger partial charge in [-0.2, -0.15) is 0 Å². The SMILES string of the molecule is C\C=C/C(=C\C=C\C(C)N(C)c1c(CC(C)CC)[nH]cc(C(=O)N=O)c1=O)OCc1cc(N2CCCC2=O)ccc1NCCOCC. The molecule has 0 spiro atoms. The number of H-pyrrole nitrogens is 1. The highest BCUT2D eigenvalue weighted by Gasteiger charge is 2.24. The van der Waals surface area contributed by atoms with Crippen LogP contribution in [-0.4, -0.2) is 56.2 Å². The second kappa shape index (κ2) is 18.6. The zero-order valence-corrected chi connectivity index (χ0v) is 28.5. The highest BCUT2D eigenvalue weighted by atomic mass is 16.5. The quantitative estimate of drug-likeness (QED) is 0.0811. The zero-order valence-electron chi connectivity index (χ0n) is 28.5. The van der Waals surface area contributed by atoms with Crippen molar-refractivity contribution in [2.75, 3.05) is 48.5 Å². The molecule has 2 atom stereocenters. The number of nitroso groups, excluding NO2 is 1. The van der Waals surface area contributed by atoms with E-state index in [9.17, 15) is 19.3 Å². The van der Waals surface area contributed by atoms with Crippen LogP contribution in [0.1, 0.15) is 75.5 Å². The lowest BCUT2D eigenvalue weighted by molar-refractivity contribution is -0.117. The predicted octanol–water partition coefficient (Wildman–Crippen LogP) is 6.50. The summed E-state index contributed by atoms with van der Waals surface area (Å²) in [5.41, 5.74) is 2.92. The fourth-order valence-electron chi connectivity index (χ4n) is 5.27. The third kappa shape index (κ3) is 10.2.